The second kappa shape index (κ2) is 4.31. The van der Waals surface area contributed by atoms with Gasteiger partial charge in [-0.1, -0.05) is 0 Å². The van der Waals surface area contributed by atoms with Gasteiger partial charge in [-0.25, -0.2) is 4.79 Å². The Morgan fingerprint density at radius 1 is 1.64 bits per heavy atom. The van der Waals surface area contributed by atoms with E-state index in [9.17, 15) is 9.59 Å². The van der Waals surface area contributed by atoms with Crippen molar-refractivity contribution in [3.05, 3.63) is 18.5 Å². The number of likely N-dealkylation sites (N-methyl/N-ethyl adjacent to an activating group) is 1. The molecule has 0 spiro atoms. The molecule has 6 heteroatoms. The highest BCUT2D eigenvalue weighted by molar-refractivity contribution is 5.90. The van der Waals surface area contributed by atoms with Crippen molar-refractivity contribution in [3.63, 3.8) is 0 Å². The summed E-state index contributed by atoms with van der Waals surface area (Å²) >= 11 is 0. The average molecular weight is 197 g/mol. The average Bonchev–Trinajstić information content (AvgIpc) is 2.55. The Kier molecular flexibility index (Phi) is 3.11. The van der Waals surface area contributed by atoms with Crippen LogP contribution in [0.2, 0.25) is 0 Å². The molecule has 76 valence electrons. The van der Waals surface area contributed by atoms with Gasteiger partial charge in [0.2, 0.25) is 0 Å². The predicted molar refractivity (Wildman–Crippen MR) is 50.1 cm³/mol. The van der Waals surface area contributed by atoms with Gasteiger partial charge in [-0.15, -0.1) is 0 Å². The summed E-state index contributed by atoms with van der Waals surface area (Å²) < 4.78 is 0. The third kappa shape index (κ3) is 2.81. The summed E-state index contributed by atoms with van der Waals surface area (Å²) in [5.74, 6) is -1.04. The fourth-order valence-electron chi connectivity index (χ4n) is 0.895. The van der Waals surface area contributed by atoms with E-state index >= 15 is 0 Å². The molecule has 6 nitrogen and oxygen atoms in total. The lowest BCUT2D eigenvalue weighted by atomic mass is 10.5. The van der Waals surface area contributed by atoms with Crippen LogP contribution < -0.4 is 5.32 Å². The first kappa shape index (κ1) is 10.1. The summed E-state index contributed by atoms with van der Waals surface area (Å²) in [7, 11) is 1.41. The minimum absolute atomic E-state index is 0.323. The van der Waals surface area contributed by atoms with Crippen LogP contribution in [0, 0.1) is 0 Å². The number of nitrogens with zero attached hydrogens (tertiary/aromatic N) is 1. The Balaban J connectivity index is 2.46. The van der Waals surface area contributed by atoms with E-state index in [0.717, 1.165) is 4.90 Å². The van der Waals surface area contributed by atoms with Gasteiger partial charge in [-0.2, -0.15) is 0 Å². The number of carboxylic acid groups (broad SMARTS) is 1. The lowest BCUT2D eigenvalue weighted by molar-refractivity contribution is -0.137. The van der Waals surface area contributed by atoms with Gasteiger partial charge in [0.05, 0.1) is 5.69 Å². The van der Waals surface area contributed by atoms with Crippen LogP contribution in [0.1, 0.15) is 0 Å². The zero-order valence-corrected chi connectivity index (χ0v) is 7.65. The number of carbonyl (C=O) groups is 2. The van der Waals surface area contributed by atoms with Crippen molar-refractivity contribution in [2.45, 2.75) is 0 Å². The number of amides is 2. The first-order chi connectivity index (χ1) is 6.59. The Labute approximate surface area is 80.5 Å². The van der Waals surface area contributed by atoms with Crippen molar-refractivity contribution < 1.29 is 14.7 Å². The number of hydrogen-bond acceptors (Lipinski definition) is 2. The zero-order valence-electron chi connectivity index (χ0n) is 7.65. The number of carboxylic acids is 1. The van der Waals surface area contributed by atoms with Crippen molar-refractivity contribution >= 4 is 17.7 Å². The molecule has 0 aliphatic heterocycles. The van der Waals surface area contributed by atoms with Crippen LogP contribution in [0.15, 0.2) is 18.5 Å². The topological polar surface area (TPSA) is 85.4 Å². The molecular formula is C8H11N3O3. The van der Waals surface area contributed by atoms with Crippen LogP contribution in [0.25, 0.3) is 0 Å². The molecule has 1 aromatic rings. The number of urea groups is 1. The van der Waals surface area contributed by atoms with E-state index < -0.39 is 12.0 Å². The van der Waals surface area contributed by atoms with Crippen molar-refractivity contribution in [3.8, 4) is 0 Å². The van der Waals surface area contributed by atoms with E-state index in [1.54, 1.807) is 18.5 Å². The summed E-state index contributed by atoms with van der Waals surface area (Å²) in [6.45, 7) is -0.323. The molecule has 0 saturated carbocycles. The molecule has 0 aliphatic rings. The van der Waals surface area contributed by atoms with Crippen LogP contribution in [-0.2, 0) is 4.79 Å². The van der Waals surface area contributed by atoms with Crippen LogP contribution in [-0.4, -0.2) is 40.6 Å². The monoisotopic (exact) mass is 197 g/mol. The maximum atomic E-state index is 11.3. The second-order valence-electron chi connectivity index (χ2n) is 2.78. The predicted octanol–water partition coefficient (Wildman–Crippen LogP) is 0.563. The fraction of sp³-hybridized carbons (Fsp3) is 0.250. The smallest absolute Gasteiger partial charge is 0.323 e. The summed E-state index contributed by atoms with van der Waals surface area (Å²) in [6.07, 6.45) is 3.26. The summed E-state index contributed by atoms with van der Waals surface area (Å²) in [5.41, 5.74) is 0.604. The van der Waals surface area contributed by atoms with Gasteiger partial charge in [0.1, 0.15) is 6.54 Å². The van der Waals surface area contributed by atoms with Crippen LogP contribution in [0.3, 0.4) is 0 Å². The van der Waals surface area contributed by atoms with Gasteiger partial charge in [-0.05, 0) is 6.07 Å². The highest BCUT2D eigenvalue weighted by Gasteiger charge is 2.11. The number of hydrogen-bond donors (Lipinski definition) is 3. The van der Waals surface area contributed by atoms with Gasteiger partial charge in [0.25, 0.3) is 0 Å². The van der Waals surface area contributed by atoms with Gasteiger partial charge >= 0.3 is 12.0 Å². The van der Waals surface area contributed by atoms with Crippen molar-refractivity contribution in [2.75, 3.05) is 18.9 Å². The highest BCUT2D eigenvalue weighted by Crippen LogP contribution is 2.04. The second-order valence-corrected chi connectivity index (χ2v) is 2.78. The number of anilines is 1. The van der Waals surface area contributed by atoms with E-state index in [2.05, 4.69) is 10.3 Å². The number of aromatic nitrogens is 1. The molecule has 0 atom stereocenters. The van der Waals surface area contributed by atoms with Crippen LogP contribution in [0.4, 0.5) is 10.5 Å². The molecule has 1 rings (SSSR count). The van der Waals surface area contributed by atoms with Crippen LogP contribution in [0.5, 0.6) is 0 Å². The molecule has 0 bridgehead atoms. The van der Waals surface area contributed by atoms with Gasteiger partial charge in [0.15, 0.2) is 0 Å². The minimum Gasteiger partial charge on any atom is -0.480 e. The molecule has 14 heavy (non-hydrogen) atoms. The van der Waals surface area contributed by atoms with Gasteiger partial charge in [-0.3, -0.25) is 4.79 Å². The van der Waals surface area contributed by atoms with Crippen molar-refractivity contribution in [1.29, 1.82) is 0 Å². The van der Waals surface area contributed by atoms with E-state index in [1.807, 2.05) is 0 Å². The van der Waals surface area contributed by atoms with E-state index in [1.165, 1.54) is 7.05 Å². The molecular weight excluding hydrogens is 186 g/mol. The molecule has 0 radical (unpaired) electrons. The molecule has 0 fully saturated rings. The molecule has 0 aliphatic carbocycles. The largest absolute Gasteiger partial charge is 0.480 e. The SMILES string of the molecule is CN(CC(=O)O)C(=O)Nc1cc[nH]c1. The Hall–Kier alpha value is -1.98. The Morgan fingerprint density at radius 2 is 2.36 bits per heavy atom. The quantitative estimate of drug-likeness (QED) is 0.661. The first-order valence-corrected chi connectivity index (χ1v) is 3.96. The van der Waals surface area contributed by atoms with E-state index in [4.69, 9.17) is 5.11 Å². The number of nitrogens with one attached hydrogen (secondary N) is 2. The lowest BCUT2D eigenvalue weighted by Crippen LogP contribution is -2.35. The van der Waals surface area contributed by atoms with Crippen LogP contribution >= 0.6 is 0 Å². The van der Waals surface area contributed by atoms with Gasteiger partial charge < -0.3 is 20.3 Å². The molecule has 1 aromatic heterocycles. The maximum Gasteiger partial charge on any atom is 0.323 e. The van der Waals surface area contributed by atoms with E-state index in [0.29, 0.717) is 5.69 Å². The van der Waals surface area contributed by atoms with Crippen molar-refractivity contribution in [2.24, 2.45) is 0 Å². The fourth-order valence-corrected chi connectivity index (χ4v) is 0.895. The van der Waals surface area contributed by atoms with Gasteiger partial charge in [0, 0.05) is 19.4 Å². The Morgan fingerprint density at radius 3 is 2.86 bits per heavy atom. The maximum absolute atomic E-state index is 11.3. The number of H-pyrrole nitrogens is 1. The summed E-state index contributed by atoms with van der Waals surface area (Å²) in [4.78, 5) is 25.4. The molecule has 3 N–H and O–H groups in total. The third-order valence-electron chi connectivity index (χ3n) is 1.57. The number of rotatable bonds is 3. The Bertz CT molecular complexity index is 321. The number of aromatic amines is 1. The van der Waals surface area contributed by atoms with E-state index in [-0.39, 0.29) is 6.54 Å². The van der Waals surface area contributed by atoms with Crippen molar-refractivity contribution in [1.82, 2.24) is 9.88 Å². The summed E-state index contributed by atoms with van der Waals surface area (Å²) in [6, 6.07) is 1.22. The third-order valence-corrected chi connectivity index (χ3v) is 1.57. The number of carbonyl (C=O) groups excluding carboxylic acids is 1. The zero-order chi connectivity index (χ0) is 10.6. The molecule has 0 aromatic carbocycles. The number of aliphatic carboxylic acids is 1. The molecule has 0 unspecified atom stereocenters. The molecule has 2 amide bonds. The first-order valence-electron chi connectivity index (χ1n) is 3.96. The molecule has 1 heterocycles. The highest BCUT2D eigenvalue weighted by atomic mass is 16.4. The standard InChI is InChI=1S/C8H11N3O3/c1-11(5-7(12)13)8(14)10-6-2-3-9-4-6/h2-4,9H,5H2,1H3,(H,10,14)(H,12,13). The lowest BCUT2D eigenvalue weighted by Gasteiger charge is -2.14. The summed E-state index contributed by atoms with van der Waals surface area (Å²) in [5, 5.41) is 11.0. The normalized spacial score (nSPS) is 9.50. The minimum atomic E-state index is -1.04. The molecule has 0 saturated heterocycles.